The van der Waals surface area contributed by atoms with E-state index in [1.807, 2.05) is 32.0 Å². The van der Waals surface area contributed by atoms with Gasteiger partial charge in [0.1, 0.15) is 18.1 Å². The van der Waals surface area contributed by atoms with E-state index in [9.17, 15) is 24.9 Å². The fourth-order valence-corrected chi connectivity index (χ4v) is 4.20. The van der Waals surface area contributed by atoms with Gasteiger partial charge in [-0.25, -0.2) is 4.79 Å². The third-order valence-corrected chi connectivity index (χ3v) is 5.89. The van der Waals surface area contributed by atoms with Crippen LogP contribution in [0.25, 0.3) is 11.0 Å². The van der Waals surface area contributed by atoms with Gasteiger partial charge in [0.05, 0.1) is 24.3 Å². The number of benzene rings is 1. The Morgan fingerprint density at radius 1 is 1.36 bits per heavy atom. The number of fused-ring (bicyclic) bond motifs is 1. The molecule has 1 aromatic heterocycles. The van der Waals surface area contributed by atoms with Crippen LogP contribution in [0.4, 0.5) is 4.79 Å². The summed E-state index contributed by atoms with van der Waals surface area (Å²) in [6.45, 7) is 4.42. The lowest BCUT2D eigenvalue weighted by atomic mass is 9.76. The zero-order valence-electron chi connectivity index (χ0n) is 18.9. The first-order valence-electron chi connectivity index (χ1n) is 11.2. The van der Waals surface area contributed by atoms with Gasteiger partial charge in [0, 0.05) is 11.9 Å². The number of amides is 2. The average molecular weight is 455 g/mol. The van der Waals surface area contributed by atoms with Gasteiger partial charge in [-0.05, 0) is 43.2 Å². The van der Waals surface area contributed by atoms with Crippen molar-refractivity contribution < 1.29 is 28.8 Å². The highest BCUT2D eigenvalue weighted by atomic mass is 16.5. The van der Waals surface area contributed by atoms with Crippen LogP contribution < -0.4 is 5.32 Å². The largest absolute Gasteiger partial charge is 0.475 e. The van der Waals surface area contributed by atoms with Gasteiger partial charge in [0.15, 0.2) is 0 Å². The molecular formula is C23H30BN3O6. The van der Waals surface area contributed by atoms with E-state index in [1.165, 1.54) is 6.26 Å². The molecule has 1 saturated heterocycles. The van der Waals surface area contributed by atoms with Gasteiger partial charge in [-0.2, -0.15) is 5.26 Å². The van der Waals surface area contributed by atoms with E-state index in [0.29, 0.717) is 25.0 Å². The summed E-state index contributed by atoms with van der Waals surface area (Å²) in [6.07, 6.45) is 2.78. The standard InChI is InChI=1S/C23H30BN3O6/c1-15(2)10-16(12-25)22(28)27-9-5-6-18(27)14-33-23(29)26-21(24(30)31)11-17-13-32-20-8-4-3-7-19(17)20/h3-4,7-8,13,15-16,18,21,30-31H,5-6,9-11,14H2,1-2H3,(H,26,29)/t16?,18-,21+/m1/s1. The molecule has 33 heavy (non-hydrogen) atoms. The number of furan rings is 1. The number of likely N-dealkylation sites (tertiary alicyclic amines) is 1. The maximum Gasteiger partial charge on any atom is 0.475 e. The highest BCUT2D eigenvalue weighted by Gasteiger charge is 2.34. The molecule has 1 aliphatic rings. The number of nitriles is 1. The Bertz CT molecular complexity index is 1000. The molecule has 0 aliphatic carbocycles. The van der Waals surface area contributed by atoms with E-state index in [1.54, 1.807) is 11.0 Å². The van der Waals surface area contributed by atoms with Crippen molar-refractivity contribution in [1.29, 1.82) is 5.26 Å². The van der Waals surface area contributed by atoms with Crippen molar-refractivity contribution >= 4 is 30.1 Å². The van der Waals surface area contributed by atoms with E-state index < -0.39 is 25.1 Å². The molecule has 1 aliphatic heterocycles. The summed E-state index contributed by atoms with van der Waals surface area (Å²) in [5, 5.41) is 32.2. The predicted molar refractivity (Wildman–Crippen MR) is 122 cm³/mol. The fraction of sp³-hybridized carbons (Fsp3) is 0.522. The molecule has 3 rings (SSSR count). The van der Waals surface area contributed by atoms with E-state index in [0.717, 1.165) is 17.4 Å². The summed E-state index contributed by atoms with van der Waals surface area (Å²) in [5.74, 6) is -1.73. The number of nitrogens with zero attached hydrogens (tertiary/aromatic N) is 2. The summed E-state index contributed by atoms with van der Waals surface area (Å²) >= 11 is 0. The number of hydrogen-bond acceptors (Lipinski definition) is 7. The second-order valence-electron chi connectivity index (χ2n) is 8.86. The molecule has 1 fully saturated rings. The molecule has 0 bridgehead atoms. The van der Waals surface area contributed by atoms with E-state index >= 15 is 0 Å². The SMILES string of the molecule is CC(C)CC(C#N)C(=O)N1CCC[C@@H]1COC(=O)N[C@@H](Cc1coc2ccccc12)B(O)O. The summed E-state index contributed by atoms with van der Waals surface area (Å²) in [7, 11) is -1.80. The second-order valence-corrected chi connectivity index (χ2v) is 8.86. The monoisotopic (exact) mass is 455 g/mol. The molecule has 3 atom stereocenters. The highest BCUT2D eigenvalue weighted by Crippen LogP contribution is 2.24. The number of carbonyl (C=O) groups is 2. The maximum absolute atomic E-state index is 12.8. The van der Waals surface area contributed by atoms with Crippen LogP contribution in [0.1, 0.15) is 38.7 Å². The molecule has 0 saturated carbocycles. The van der Waals surface area contributed by atoms with Crippen LogP contribution in [-0.4, -0.2) is 59.2 Å². The Hall–Kier alpha value is -3.03. The number of para-hydroxylation sites is 1. The van der Waals surface area contributed by atoms with Gasteiger partial charge in [-0.15, -0.1) is 0 Å². The number of carbonyl (C=O) groups excluding carboxylic acids is 2. The van der Waals surface area contributed by atoms with Crippen molar-refractivity contribution in [1.82, 2.24) is 10.2 Å². The lowest BCUT2D eigenvalue weighted by Gasteiger charge is -2.27. The molecule has 3 N–H and O–H groups in total. The van der Waals surface area contributed by atoms with Crippen LogP contribution in [-0.2, 0) is 16.0 Å². The Morgan fingerprint density at radius 2 is 2.12 bits per heavy atom. The number of hydrogen-bond donors (Lipinski definition) is 3. The summed E-state index contributed by atoms with van der Waals surface area (Å²) in [6, 6.07) is 9.13. The van der Waals surface area contributed by atoms with Gasteiger partial charge >= 0.3 is 13.2 Å². The molecule has 1 unspecified atom stereocenters. The van der Waals surface area contributed by atoms with Crippen LogP contribution in [0, 0.1) is 23.2 Å². The third-order valence-electron chi connectivity index (χ3n) is 5.89. The third kappa shape index (κ3) is 6.27. The number of ether oxygens (including phenoxy) is 1. The van der Waals surface area contributed by atoms with Crippen LogP contribution in [0.3, 0.4) is 0 Å². The minimum Gasteiger partial charge on any atom is -0.464 e. The van der Waals surface area contributed by atoms with Crippen LogP contribution in [0.15, 0.2) is 34.9 Å². The van der Waals surface area contributed by atoms with Crippen molar-refractivity contribution in [2.45, 2.75) is 51.5 Å². The van der Waals surface area contributed by atoms with E-state index in [2.05, 4.69) is 11.4 Å². The van der Waals surface area contributed by atoms with E-state index in [4.69, 9.17) is 9.15 Å². The summed E-state index contributed by atoms with van der Waals surface area (Å²) in [4.78, 5) is 26.8. The van der Waals surface area contributed by atoms with Crippen molar-refractivity contribution in [2.24, 2.45) is 11.8 Å². The Morgan fingerprint density at radius 3 is 2.82 bits per heavy atom. The van der Waals surface area contributed by atoms with Crippen LogP contribution >= 0.6 is 0 Å². The van der Waals surface area contributed by atoms with Crippen molar-refractivity contribution in [3.8, 4) is 6.07 Å². The lowest BCUT2D eigenvalue weighted by Crippen LogP contribution is -2.49. The first-order valence-corrected chi connectivity index (χ1v) is 11.2. The van der Waals surface area contributed by atoms with Gasteiger partial charge in [-0.1, -0.05) is 32.0 Å². The predicted octanol–water partition coefficient (Wildman–Crippen LogP) is 2.26. The molecule has 9 nitrogen and oxygen atoms in total. The number of nitrogens with one attached hydrogen (secondary N) is 1. The van der Waals surface area contributed by atoms with Crippen LogP contribution in [0.2, 0.25) is 0 Å². The number of alkyl carbamates (subject to hydrolysis) is 1. The molecule has 1 aromatic carbocycles. The van der Waals surface area contributed by atoms with Gasteiger partial charge in [-0.3, -0.25) is 4.79 Å². The molecule has 0 radical (unpaired) electrons. The van der Waals surface area contributed by atoms with Gasteiger partial charge in [0.25, 0.3) is 0 Å². The summed E-state index contributed by atoms with van der Waals surface area (Å²) < 4.78 is 10.8. The Labute approximate surface area is 193 Å². The normalized spacial score (nSPS) is 17.6. The van der Waals surface area contributed by atoms with Crippen molar-refractivity contribution in [2.75, 3.05) is 13.2 Å². The number of rotatable bonds is 9. The first kappa shape index (κ1) is 24.6. The zero-order chi connectivity index (χ0) is 24.0. The molecular weight excluding hydrogens is 425 g/mol. The minimum atomic E-state index is -1.80. The Balaban J connectivity index is 1.56. The molecule has 2 amide bonds. The smallest absolute Gasteiger partial charge is 0.464 e. The minimum absolute atomic E-state index is 0.0275. The van der Waals surface area contributed by atoms with Crippen LogP contribution in [0.5, 0.6) is 0 Å². The van der Waals surface area contributed by atoms with Crippen molar-refractivity contribution in [3.63, 3.8) is 0 Å². The zero-order valence-corrected chi connectivity index (χ0v) is 18.9. The first-order chi connectivity index (χ1) is 15.8. The summed E-state index contributed by atoms with van der Waals surface area (Å²) in [5.41, 5.74) is 1.39. The lowest BCUT2D eigenvalue weighted by molar-refractivity contribution is -0.135. The average Bonchev–Trinajstić information content (AvgIpc) is 3.42. The Kier molecular flexibility index (Phi) is 8.36. The van der Waals surface area contributed by atoms with Crippen molar-refractivity contribution in [3.05, 3.63) is 36.1 Å². The highest BCUT2D eigenvalue weighted by molar-refractivity contribution is 6.43. The fourth-order valence-electron chi connectivity index (χ4n) is 4.20. The molecule has 2 aromatic rings. The van der Waals surface area contributed by atoms with Gasteiger partial charge in [0.2, 0.25) is 5.91 Å². The molecule has 0 spiro atoms. The molecule has 2 heterocycles. The maximum atomic E-state index is 12.8. The van der Waals surface area contributed by atoms with E-state index in [-0.39, 0.29) is 30.9 Å². The topological polar surface area (TPSA) is 136 Å². The van der Waals surface area contributed by atoms with Gasteiger partial charge < -0.3 is 29.4 Å². The molecule has 176 valence electrons. The second kappa shape index (κ2) is 11.2. The molecule has 10 heteroatoms. The quantitative estimate of drug-likeness (QED) is 0.494.